The molecule has 2 fully saturated rings. The molecule has 2 rings (SSSR count). The molecule has 0 aromatic heterocycles. The predicted molar refractivity (Wildman–Crippen MR) is 67.1 cm³/mol. The van der Waals surface area contributed by atoms with Crippen molar-refractivity contribution in [1.82, 2.24) is 9.80 Å². The second kappa shape index (κ2) is 6.36. The summed E-state index contributed by atoms with van der Waals surface area (Å²) in [5.41, 5.74) is 0. The summed E-state index contributed by atoms with van der Waals surface area (Å²) in [7, 11) is 0. The second-order valence-corrected chi connectivity index (χ2v) is 5.38. The first-order valence-electron chi connectivity index (χ1n) is 6.93. The highest BCUT2D eigenvalue weighted by atomic mass is 16.4. The summed E-state index contributed by atoms with van der Waals surface area (Å²) in [6.45, 7) is 6.46. The maximum Gasteiger partial charge on any atom is 0.307 e. The van der Waals surface area contributed by atoms with Crippen molar-refractivity contribution in [3.63, 3.8) is 0 Å². The highest BCUT2D eigenvalue weighted by Gasteiger charge is 2.25. The van der Waals surface area contributed by atoms with Crippen molar-refractivity contribution in [3.05, 3.63) is 0 Å². The first-order valence-corrected chi connectivity index (χ1v) is 6.93. The first kappa shape index (κ1) is 12.8. The number of hydrogen-bond acceptors (Lipinski definition) is 3. The van der Waals surface area contributed by atoms with Crippen LogP contribution in [0.4, 0.5) is 0 Å². The van der Waals surface area contributed by atoms with Crippen molar-refractivity contribution >= 4 is 5.97 Å². The van der Waals surface area contributed by atoms with E-state index in [0.29, 0.717) is 0 Å². The number of carbonyl (C=O) groups is 1. The van der Waals surface area contributed by atoms with E-state index in [1.54, 1.807) is 0 Å². The average molecular weight is 240 g/mol. The number of aliphatic carboxylic acids is 1. The SMILES string of the molecule is O=C(O)C1CCCN(CCN2CCCCC2)C1. The van der Waals surface area contributed by atoms with Gasteiger partial charge < -0.3 is 14.9 Å². The zero-order chi connectivity index (χ0) is 12.1. The van der Waals surface area contributed by atoms with Crippen molar-refractivity contribution in [2.45, 2.75) is 32.1 Å². The maximum absolute atomic E-state index is 11.0. The molecule has 1 atom stereocenters. The summed E-state index contributed by atoms with van der Waals surface area (Å²) >= 11 is 0. The quantitative estimate of drug-likeness (QED) is 0.803. The van der Waals surface area contributed by atoms with E-state index >= 15 is 0 Å². The van der Waals surface area contributed by atoms with Gasteiger partial charge in [-0.15, -0.1) is 0 Å². The van der Waals surface area contributed by atoms with Crippen LogP contribution in [-0.2, 0) is 4.79 Å². The molecule has 4 nitrogen and oxygen atoms in total. The van der Waals surface area contributed by atoms with Gasteiger partial charge in [0.1, 0.15) is 0 Å². The van der Waals surface area contributed by atoms with Crippen LogP contribution in [0, 0.1) is 5.92 Å². The Morgan fingerprint density at radius 3 is 2.35 bits per heavy atom. The molecule has 0 bridgehead atoms. The molecular formula is C13H24N2O2. The van der Waals surface area contributed by atoms with Crippen LogP contribution in [0.5, 0.6) is 0 Å². The molecule has 2 heterocycles. The Morgan fingerprint density at radius 2 is 1.65 bits per heavy atom. The van der Waals surface area contributed by atoms with Gasteiger partial charge in [0.15, 0.2) is 0 Å². The number of rotatable bonds is 4. The molecule has 0 aliphatic carbocycles. The zero-order valence-electron chi connectivity index (χ0n) is 10.6. The van der Waals surface area contributed by atoms with Crippen LogP contribution in [-0.4, -0.2) is 60.1 Å². The van der Waals surface area contributed by atoms with Gasteiger partial charge in [0.2, 0.25) is 0 Å². The molecule has 0 aromatic carbocycles. The monoisotopic (exact) mass is 240 g/mol. The van der Waals surface area contributed by atoms with Crippen molar-refractivity contribution in [2.75, 3.05) is 39.3 Å². The lowest BCUT2D eigenvalue weighted by Gasteiger charge is -2.33. The van der Waals surface area contributed by atoms with Crippen LogP contribution in [0.15, 0.2) is 0 Å². The van der Waals surface area contributed by atoms with Crippen LogP contribution in [0.2, 0.25) is 0 Å². The van der Waals surface area contributed by atoms with E-state index < -0.39 is 5.97 Å². The van der Waals surface area contributed by atoms with E-state index in [0.717, 1.165) is 39.0 Å². The normalized spacial score (nSPS) is 28.1. The third-order valence-corrected chi connectivity index (χ3v) is 4.04. The van der Waals surface area contributed by atoms with Crippen LogP contribution in [0.3, 0.4) is 0 Å². The van der Waals surface area contributed by atoms with Gasteiger partial charge in [0.25, 0.3) is 0 Å². The average Bonchev–Trinajstić information content (AvgIpc) is 2.38. The van der Waals surface area contributed by atoms with Gasteiger partial charge in [-0.05, 0) is 45.3 Å². The Bertz CT molecular complexity index is 252. The van der Waals surface area contributed by atoms with Crippen LogP contribution < -0.4 is 0 Å². The fourth-order valence-corrected chi connectivity index (χ4v) is 2.93. The molecule has 98 valence electrons. The van der Waals surface area contributed by atoms with E-state index in [2.05, 4.69) is 9.80 Å². The number of likely N-dealkylation sites (tertiary alicyclic amines) is 2. The Morgan fingerprint density at radius 1 is 1.00 bits per heavy atom. The molecule has 0 aromatic rings. The van der Waals surface area contributed by atoms with Crippen molar-refractivity contribution in [2.24, 2.45) is 5.92 Å². The lowest BCUT2D eigenvalue weighted by molar-refractivity contribution is -0.143. The summed E-state index contributed by atoms with van der Waals surface area (Å²) in [5.74, 6) is -0.752. The van der Waals surface area contributed by atoms with Gasteiger partial charge in [0.05, 0.1) is 5.92 Å². The largest absolute Gasteiger partial charge is 0.481 e. The van der Waals surface area contributed by atoms with Gasteiger partial charge >= 0.3 is 5.97 Å². The third-order valence-electron chi connectivity index (χ3n) is 4.04. The molecule has 2 aliphatic rings. The molecule has 0 saturated carbocycles. The lowest BCUT2D eigenvalue weighted by atomic mass is 9.98. The molecule has 1 unspecified atom stereocenters. The van der Waals surface area contributed by atoms with Gasteiger partial charge in [-0.1, -0.05) is 6.42 Å². The zero-order valence-corrected chi connectivity index (χ0v) is 10.6. The highest BCUT2D eigenvalue weighted by molar-refractivity contribution is 5.70. The van der Waals surface area contributed by atoms with Crippen molar-refractivity contribution in [1.29, 1.82) is 0 Å². The van der Waals surface area contributed by atoms with E-state index in [4.69, 9.17) is 5.11 Å². The predicted octanol–water partition coefficient (Wildman–Crippen LogP) is 1.27. The fourth-order valence-electron chi connectivity index (χ4n) is 2.93. The van der Waals surface area contributed by atoms with Gasteiger partial charge in [-0.25, -0.2) is 0 Å². The van der Waals surface area contributed by atoms with Gasteiger partial charge in [-0.3, -0.25) is 4.79 Å². The summed E-state index contributed by atoms with van der Waals surface area (Å²) in [6.07, 6.45) is 5.93. The summed E-state index contributed by atoms with van der Waals surface area (Å²) in [6, 6.07) is 0. The fraction of sp³-hybridized carbons (Fsp3) is 0.923. The topological polar surface area (TPSA) is 43.8 Å². The minimum Gasteiger partial charge on any atom is -0.481 e. The minimum atomic E-state index is -0.618. The molecule has 0 radical (unpaired) electrons. The lowest BCUT2D eigenvalue weighted by Crippen LogP contribution is -2.43. The number of piperidine rings is 2. The van der Waals surface area contributed by atoms with Gasteiger partial charge in [-0.2, -0.15) is 0 Å². The van der Waals surface area contributed by atoms with Crippen molar-refractivity contribution < 1.29 is 9.90 Å². The van der Waals surface area contributed by atoms with Gasteiger partial charge in [0, 0.05) is 19.6 Å². The molecule has 0 spiro atoms. The molecule has 0 amide bonds. The Kier molecular flexibility index (Phi) is 4.80. The highest BCUT2D eigenvalue weighted by Crippen LogP contribution is 2.16. The number of nitrogens with zero attached hydrogens (tertiary/aromatic N) is 2. The molecular weight excluding hydrogens is 216 g/mol. The van der Waals surface area contributed by atoms with E-state index in [1.165, 1.54) is 32.4 Å². The number of carboxylic acids is 1. The van der Waals surface area contributed by atoms with E-state index in [9.17, 15) is 4.79 Å². The van der Waals surface area contributed by atoms with Crippen LogP contribution in [0.25, 0.3) is 0 Å². The summed E-state index contributed by atoms with van der Waals surface area (Å²) in [5, 5.41) is 9.04. The Hall–Kier alpha value is -0.610. The molecule has 2 aliphatic heterocycles. The van der Waals surface area contributed by atoms with E-state index in [-0.39, 0.29) is 5.92 Å². The van der Waals surface area contributed by atoms with Crippen LogP contribution in [0.1, 0.15) is 32.1 Å². The third kappa shape index (κ3) is 3.96. The summed E-state index contributed by atoms with van der Waals surface area (Å²) < 4.78 is 0. The Labute approximate surface area is 104 Å². The number of hydrogen-bond donors (Lipinski definition) is 1. The Balaban J connectivity index is 1.69. The standard InChI is InChI=1S/C13H24N2O2/c16-13(17)12-5-4-8-15(11-12)10-9-14-6-2-1-3-7-14/h12H,1-11H2,(H,16,17). The summed E-state index contributed by atoms with van der Waals surface area (Å²) in [4.78, 5) is 15.8. The molecule has 4 heteroatoms. The second-order valence-electron chi connectivity index (χ2n) is 5.38. The van der Waals surface area contributed by atoms with Crippen molar-refractivity contribution in [3.8, 4) is 0 Å². The molecule has 2 saturated heterocycles. The molecule has 17 heavy (non-hydrogen) atoms. The van der Waals surface area contributed by atoms with Crippen LogP contribution >= 0.6 is 0 Å². The minimum absolute atomic E-state index is 0.134. The number of carboxylic acid groups (broad SMARTS) is 1. The van der Waals surface area contributed by atoms with E-state index in [1.807, 2.05) is 0 Å². The first-order chi connectivity index (χ1) is 8.25. The smallest absolute Gasteiger partial charge is 0.307 e. The molecule has 1 N–H and O–H groups in total. The maximum atomic E-state index is 11.0.